The van der Waals surface area contributed by atoms with E-state index in [0.29, 0.717) is 11.7 Å². The van der Waals surface area contributed by atoms with Crippen LogP contribution in [0.25, 0.3) is 0 Å². The summed E-state index contributed by atoms with van der Waals surface area (Å²) < 4.78 is 18.9. The minimum Gasteiger partial charge on any atom is -0.497 e. The molecule has 0 saturated carbocycles. The van der Waals surface area contributed by atoms with Crippen LogP contribution in [0, 0.1) is 13.8 Å². The van der Waals surface area contributed by atoms with Gasteiger partial charge in [0.1, 0.15) is 11.5 Å². The lowest BCUT2D eigenvalue weighted by molar-refractivity contribution is 0.186. The van der Waals surface area contributed by atoms with Crippen molar-refractivity contribution in [1.29, 1.82) is 0 Å². The number of nitrogens with zero attached hydrogens (tertiary/aromatic N) is 3. The van der Waals surface area contributed by atoms with Crippen LogP contribution in [-0.2, 0) is 11.3 Å². The van der Waals surface area contributed by atoms with E-state index < -0.39 is 0 Å². The molecule has 3 heterocycles. The topological polar surface area (TPSA) is 60.8 Å². The molecular formula is C25H30N4O3S. The molecule has 0 aliphatic carbocycles. The number of anilines is 1. The zero-order valence-corrected chi connectivity index (χ0v) is 20.5. The van der Waals surface area contributed by atoms with Gasteiger partial charge in [-0.15, -0.1) is 0 Å². The second kappa shape index (κ2) is 9.80. The largest absolute Gasteiger partial charge is 0.497 e. The number of pyridine rings is 1. The summed E-state index contributed by atoms with van der Waals surface area (Å²) in [7, 11) is 5.05. The van der Waals surface area contributed by atoms with E-state index in [-0.39, 0.29) is 12.1 Å². The summed E-state index contributed by atoms with van der Waals surface area (Å²) in [6.07, 6.45) is 1.81. The Labute approximate surface area is 200 Å². The molecule has 2 unspecified atom stereocenters. The maximum absolute atomic E-state index is 5.88. The first-order valence-electron chi connectivity index (χ1n) is 10.9. The first kappa shape index (κ1) is 23.1. The van der Waals surface area contributed by atoms with Crippen molar-refractivity contribution >= 4 is 23.0 Å². The summed E-state index contributed by atoms with van der Waals surface area (Å²) in [5.74, 6) is 1.46. The molecule has 0 radical (unpaired) electrons. The van der Waals surface area contributed by atoms with E-state index in [1.165, 1.54) is 17.0 Å². The van der Waals surface area contributed by atoms with Crippen LogP contribution in [0.1, 0.15) is 34.7 Å². The molecular weight excluding hydrogens is 436 g/mol. The van der Waals surface area contributed by atoms with Crippen molar-refractivity contribution in [2.45, 2.75) is 32.5 Å². The number of methoxy groups -OCH3 is 3. The molecule has 33 heavy (non-hydrogen) atoms. The van der Waals surface area contributed by atoms with E-state index in [0.717, 1.165) is 29.4 Å². The number of thiocarbonyl (C=S) groups is 1. The van der Waals surface area contributed by atoms with E-state index >= 15 is 0 Å². The quantitative estimate of drug-likeness (QED) is 0.496. The molecule has 174 valence electrons. The van der Waals surface area contributed by atoms with Crippen LogP contribution in [0.5, 0.6) is 11.5 Å². The van der Waals surface area contributed by atoms with Crippen LogP contribution in [0.2, 0.25) is 0 Å². The number of ether oxygens (including phenoxy) is 3. The Morgan fingerprint density at radius 1 is 1.06 bits per heavy atom. The van der Waals surface area contributed by atoms with Crippen LogP contribution < -0.4 is 19.7 Å². The Morgan fingerprint density at radius 2 is 1.88 bits per heavy atom. The average molecular weight is 467 g/mol. The molecule has 0 amide bonds. The number of aromatic nitrogens is 2. The van der Waals surface area contributed by atoms with Crippen LogP contribution in [0.15, 0.2) is 48.7 Å². The molecule has 1 aromatic carbocycles. The molecule has 1 N–H and O–H groups in total. The Morgan fingerprint density at radius 3 is 2.55 bits per heavy atom. The third kappa shape index (κ3) is 4.28. The second-order valence-electron chi connectivity index (χ2n) is 8.01. The van der Waals surface area contributed by atoms with Crippen LogP contribution in [0.4, 0.5) is 5.69 Å². The maximum atomic E-state index is 5.88. The van der Waals surface area contributed by atoms with E-state index in [1.54, 1.807) is 21.3 Å². The van der Waals surface area contributed by atoms with Gasteiger partial charge in [-0.3, -0.25) is 4.98 Å². The normalized spacial score (nSPS) is 17.8. The summed E-state index contributed by atoms with van der Waals surface area (Å²) in [6.45, 7) is 5.71. The van der Waals surface area contributed by atoms with E-state index in [4.69, 9.17) is 26.4 Å². The number of hydrogen-bond acceptors (Lipinski definition) is 5. The maximum Gasteiger partial charge on any atom is 0.174 e. The summed E-state index contributed by atoms with van der Waals surface area (Å²) in [4.78, 5) is 6.78. The fraction of sp³-hybridized carbons (Fsp3) is 0.360. The summed E-state index contributed by atoms with van der Waals surface area (Å²) in [5.41, 5.74) is 5.30. The highest BCUT2D eigenvalue weighted by atomic mass is 32.1. The third-order valence-corrected chi connectivity index (χ3v) is 6.51. The minimum atomic E-state index is -0.133. The lowest BCUT2D eigenvalue weighted by Crippen LogP contribution is -2.30. The van der Waals surface area contributed by atoms with Gasteiger partial charge in [0.25, 0.3) is 0 Å². The third-order valence-electron chi connectivity index (χ3n) is 6.19. The van der Waals surface area contributed by atoms with Crippen molar-refractivity contribution in [3.63, 3.8) is 0 Å². The summed E-state index contributed by atoms with van der Waals surface area (Å²) in [5, 5.41) is 4.13. The number of benzene rings is 1. The molecule has 7 nitrogen and oxygen atoms in total. The number of aryl methyl sites for hydroxylation is 1. The summed E-state index contributed by atoms with van der Waals surface area (Å²) in [6, 6.07) is 13.7. The second-order valence-corrected chi connectivity index (χ2v) is 8.39. The smallest absolute Gasteiger partial charge is 0.174 e. The van der Waals surface area contributed by atoms with Crippen LogP contribution >= 0.6 is 12.2 Å². The molecule has 0 spiro atoms. The minimum absolute atomic E-state index is 0.129. The highest BCUT2D eigenvalue weighted by molar-refractivity contribution is 7.80. The first-order valence-corrected chi connectivity index (χ1v) is 11.3. The fourth-order valence-electron chi connectivity index (χ4n) is 4.57. The van der Waals surface area contributed by atoms with E-state index in [2.05, 4.69) is 39.7 Å². The van der Waals surface area contributed by atoms with Gasteiger partial charge < -0.3 is 29.0 Å². The number of hydrogen-bond donors (Lipinski definition) is 1. The standard InChI is InChI=1S/C25H30N4O3S/c1-16-14-19(17(2)28(16)12-13-30-3)24-23(20-8-6-7-11-26-20)27-25(33)29(24)21-15-18(31-4)9-10-22(21)32-5/h6-11,14-15,23-24H,12-13H2,1-5H3,(H,27,33). The average Bonchev–Trinajstić information content (AvgIpc) is 3.32. The fourth-order valence-corrected chi connectivity index (χ4v) is 4.91. The molecule has 2 atom stereocenters. The van der Waals surface area contributed by atoms with Gasteiger partial charge in [-0.2, -0.15) is 0 Å². The van der Waals surface area contributed by atoms with Gasteiger partial charge in [0.05, 0.1) is 44.3 Å². The van der Waals surface area contributed by atoms with Crippen molar-refractivity contribution in [2.75, 3.05) is 32.8 Å². The van der Waals surface area contributed by atoms with Crippen LogP contribution in [-0.4, -0.2) is 42.6 Å². The molecule has 8 heteroatoms. The van der Waals surface area contributed by atoms with E-state index in [1.807, 2.05) is 42.6 Å². The van der Waals surface area contributed by atoms with Gasteiger partial charge in [0.2, 0.25) is 0 Å². The molecule has 1 aliphatic heterocycles. The molecule has 3 aromatic rings. The van der Waals surface area contributed by atoms with E-state index in [9.17, 15) is 0 Å². The lowest BCUT2D eigenvalue weighted by Gasteiger charge is -2.29. The number of nitrogens with one attached hydrogen (secondary N) is 1. The highest BCUT2D eigenvalue weighted by Gasteiger charge is 2.43. The summed E-state index contributed by atoms with van der Waals surface area (Å²) >= 11 is 5.88. The molecule has 4 rings (SSSR count). The SMILES string of the molecule is COCCn1c(C)cc(C2C(c3ccccn3)NC(=S)N2c2cc(OC)ccc2OC)c1C. The van der Waals surface area contributed by atoms with Crippen molar-refractivity contribution in [2.24, 2.45) is 0 Å². The Hall–Kier alpha value is -3.10. The predicted molar refractivity (Wildman–Crippen MR) is 133 cm³/mol. The molecule has 1 fully saturated rings. The monoisotopic (exact) mass is 466 g/mol. The zero-order chi connectivity index (χ0) is 23.5. The lowest BCUT2D eigenvalue weighted by atomic mass is 9.96. The van der Waals surface area contributed by atoms with Gasteiger partial charge >= 0.3 is 0 Å². The van der Waals surface area contributed by atoms with Gasteiger partial charge in [-0.25, -0.2) is 0 Å². The Bertz CT molecular complexity index is 1130. The van der Waals surface area contributed by atoms with Crippen molar-refractivity contribution < 1.29 is 14.2 Å². The number of rotatable bonds is 8. The van der Waals surface area contributed by atoms with Crippen molar-refractivity contribution in [1.82, 2.24) is 14.9 Å². The Kier molecular flexibility index (Phi) is 6.85. The zero-order valence-electron chi connectivity index (χ0n) is 19.7. The van der Waals surface area contributed by atoms with Crippen LogP contribution in [0.3, 0.4) is 0 Å². The molecule has 0 bridgehead atoms. The van der Waals surface area contributed by atoms with Crippen molar-refractivity contribution in [3.05, 3.63) is 71.3 Å². The molecule has 2 aromatic heterocycles. The van der Waals surface area contributed by atoms with Crippen molar-refractivity contribution in [3.8, 4) is 11.5 Å². The van der Waals surface area contributed by atoms with Gasteiger partial charge in [0, 0.05) is 37.3 Å². The predicted octanol–water partition coefficient (Wildman–Crippen LogP) is 4.34. The highest BCUT2D eigenvalue weighted by Crippen LogP contribution is 2.46. The molecule has 1 aliphatic rings. The Balaban J connectivity index is 1.89. The van der Waals surface area contributed by atoms with Gasteiger partial charge in [-0.1, -0.05) is 6.07 Å². The van der Waals surface area contributed by atoms with Gasteiger partial charge in [0.15, 0.2) is 5.11 Å². The molecule has 1 saturated heterocycles. The first-order chi connectivity index (χ1) is 16.0. The van der Waals surface area contributed by atoms with Gasteiger partial charge in [-0.05, 0) is 62.0 Å².